The molecule has 6 heteroatoms. The minimum atomic E-state index is -0.773. The van der Waals surface area contributed by atoms with Crippen LogP contribution >= 0.6 is 0 Å². The van der Waals surface area contributed by atoms with E-state index in [1.807, 2.05) is 68.7 Å². The molecular formula is C22H25N3O3. The molecule has 0 spiro atoms. The Morgan fingerprint density at radius 3 is 2.64 bits per heavy atom. The number of rotatable bonds is 8. The zero-order valence-electron chi connectivity index (χ0n) is 16.2. The fraction of sp³-hybridized carbons (Fsp3) is 0.273. The molecule has 2 aromatic carbocycles. The van der Waals surface area contributed by atoms with Crippen molar-refractivity contribution in [3.8, 4) is 16.9 Å². The smallest absolute Gasteiger partial charge is 0.253 e. The molecule has 0 saturated heterocycles. The number of carbonyl (C=O) groups excluding carboxylic acids is 1. The molecule has 1 atom stereocenters. The fourth-order valence-corrected chi connectivity index (χ4v) is 2.96. The van der Waals surface area contributed by atoms with Gasteiger partial charge in [-0.25, -0.2) is 0 Å². The average molecular weight is 379 g/mol. The second kappa shape index (κ2) is 9.19. The first-order chi connectivity index (χ1) is 13.6. The number of carbonyl (C=O) groups is 1. The van der Waals surface area contributed by atoms with Crippen LogP contribution in [0.2, 0.25) is 0 Å². The predicted octanol–water partition coefficient (Wildman–Crippen LogP) is 2.99. The molecule has 3 rings (SSSR count). The van der Waals surface area contributed by atoms with Crippen LogP contribution in [0.5, 0.6) is 5.75 Å². The SMILES string of the molecule is CCN(C[C@@H](O)COc1ccccc1)C(=O)c1cccc(-c2cnn(C)c2)c1. The topological polar surface area (TPSA) is 67.6 Å². The highest BCUT2D eigenvalue weighted by molar-refractivity contribution is 5.95. The number of hydrogen-bond acceptors (Lipinski definition) is 4. The number of benzene rings is 2. The third-order valence-corrected chi connectivity index (χ3v) is 4.43. The Bertz CT molecular complexity index is 908. The number of aliphatic hydroxyl groups excluding tert-OH is 1. The molecular weight excluding hydrogens is 354 g/mol. The highest BCUT2D eigenvalue weighted by Crippen LogP contribution is 2.20. The van der Waals surface area contributed by atoms with Gasteiger partial charge < -0.3 is 14.7 Å². The molecule has 1 heterocycles. The van der Waals surface area contributed by atoms with E-state index in [9.17, 15) is 9.90 Å². The number of aromatic nitrogens is 2. The largest absolute Gasteiger partial charge is 0.491 e. The standard InChI is InChI=1S/C22H25N3O3/c1-3-25(15-20(26)16-28-21-10-5-4-6-11-21)22(27)18-9-7-8-17(12-18)19-13-23-24(2)14-19/h4-14,20,26H,3,15-16H2,1-2H3/t20-/m1/s1. The highest BCUT2D eigenvalue weighted by atomic mass is 16.5. The molecule has 1 amide bonds. The Kier molecular flexibility index (Phi) is 6.45. The Morgan fingerprint density at radius 1 is 1.18 bits per heavy atom. The zero-order chi connectivity index (χ0) is 19.9. The van der Waals surface area contributed by atoms with Crippen LogP contribution in [-0.4, -0.2) is 51.5 Å². The maximum absolute atomic E-state index is 12.9. The average Bonchev–Trinajstić information content (AvgIpc) is 3.17. The molecule has 0 unspecified atom stereocenters. The molecule has 6 nitrogen and oxygen atoms in total. The molecule has 1 aromatic heterocycles. The number of likely N-dealkylation sites (N-methyl/N-ethyl adjacent to an activating group) is 1. The van der Waals surface area contributed by atoms with Gasteiger partial charge in [0.2, 0.25) is 0 Å². The van der Waals surface area contributed by atoms with Gasteiger partial charge in [0, 0.05) is 30.9 Å². The maximum Gasteiger partial charge on any atom is 0.253 e. The summed E-state index contributed by atoms with van der Waals surface area (Å²) in [5.41, 5.74) is 2.47. The molecule has 28 heavy (non-hydrogen) atoms. The lowest BCUT2D eigenvalue weighted by Crippen LogP contribution is -2.39. The predicted molar refractivity (Wildman–Crippen MR) is 108 cm³/mol. The molecule has 0 saturated carbocycles. The minimum Gasteiger partial charge on any atom is -0.491 e. The van der Waals surface area contributed by atoms with Crippen molar-refractivity contribution in [2.45, 2.75) is 13.0 Å². The van der Waals surface area contributed by atoms with E-state index < -0.39 is 6.10 Å². The van der Waals surface area contributed by atoms with Gasteiger partial charge in [-0.1, -0.05) is 30.3 Å². The van der Waals surface area contributed by atoms with Crippen molar-refractivity contribution in [1.29, 1.82) is 0 Å². The van der Waals surface area contributed by atoms with Gasteiger partial charge in [-0.2, -0.15) is 5.10 Å². The summed E-state index contributed by atoms with van der Waals surface area (Å²) in [5.74, 6) is 0.576. The lowest BCUT2D eigenvalue weighted by molar-refractivity contribution is 0.0514. The van der Waals surface area contributed by atoms with Crippen LogP contribution in [0.1, 0.15) is 17.3 Å². The summed E-state index contributed by atoms with van der Waals surface area (Å²) in [6.45, 7) is 2.73. The van der Waals surface area contributed by atoms with Crippen LogP contribution in [0.4, 0.5) is 0 Å². The maximum atomic E-state index is 12.9. The number of amides is 1. The van der Waals surface area contributed by atoms with Gasteiger partial charge in [0.05, 0.1) is 12.7 Å². The van der Waals surface area contributed by atoms with E-state index in [1.54, 1.807) is 21.8 Å². The van der Waals surface area contributed by atoms with Crippen LogP contribution in [0.15, 0.2) is 67.0 Å². The van der Waals surface area contributed by atoms with E-state index in [2.05, 4.69) is 5.10 Å². The summed E-state index contributed by atoms with van der Waals surface area (Å²) in [5, 5.41) is 14.5. The van der Waals surface area contributed by atoms with Crippen LogP contribution in [0.3, 0.4) is 0 Å². The molecule has 0 radical (unpaired) electrons. The van der Waals surface area contributed by atoms with Crippen molar-refractivity contribution in [3.63, 3.8) is 0 Å². The Balaban J connectivity index is 1.64. The fourth-order valence-electron chi connectivity index (χ4n) is 2.96. The van der Waals surface area contributed by atoms with Gasteiger partial charge in [-0.3, -0.25) is 9.48 Å². The van der Waals surface area contributed by atoms with E-state index >= 15 is 0 Å². The lowest BCUT2D eigenvalue weighted by Gasteiger charge is -2.24. The number of para-hydroxylation sites is 1. The lowest BCUT2D eigenvalue weighted by atomic mass is 10.1. The van der Waals surface area contributed by atoms with Crippen LogP contribution in [0, 0.1) is 0 Å². The van der Waals surface area contributed by atoms with Gasteiger partial charge >= 0.3 is 0 Å². The van der Waals surface area contributed by atoms with Crippen molar-refractivity contribution >= 4 is 5.91 Å². The van der Waals surface area contributed by atoms with Crippen molar-refractivity contribution in [1.82, 2.24) is 14.7 Å². The van der Waals surface area contributed by atoms with Crippen LogP contribution < -0.4 is 4.74 Å². The number of aryl methyl sites for hydroxylation is 1. The van der Waals surface area contributed by atoms with Gasteiger partial charge in [0.1, 0.15) is 18.5 Å². The third kappa shape index (κ3) is 4.98. The summed E-state index contributed by atoms with van der Waals surface area (Å²) in [6, 6.07) is 16.8. The number of aliphatic hydroxyl groups is 1. The third-order valence-electron chi connectivity index (χ3n) is 4.43. The first kappa shape index (κ1) is 19.6. The molecule has 0 aliphatic heterocycles. The quantitative estimate of drug-likeness (QED) is 0.653. The molecule has 0 aliphatic carbocycles. The molecule has 0 bridgehead atoms. The van der Waals surface area contributed by atoms with Gasteiger partial charge in [0.25, 0.3) is 5.91 Å². The monoisotopic (exact) mass is 379 g/mol. The minimum absolute atomic E-state index is 0.119. The Morgan fingerprint density at radius 2 is 1.96 bits per heavy atom. The van der Waals surface area contributed by atoms with Crippen molar-refractivity contribution in [2.75, 3.05) is 19.7 Å². The summed E-state index contributed by atoms with van der Waals surface area (Å²) in [4.78, 5) is 14.6. The van der Waals surface area contributed by atoms with E-state index in [1.165, 1.54) is 0 Å². The molecule has 0 aliphatic rings. The first-order valence-electron chi connectivity index (χ1n) is 9.31. The van der Waals surface area contributed by atoms with Crippen molar-refractivity contribution in [2.24, 2.45) is 7.05 Å². The van der Waals surface area contributed by atoms with E-state index in [0.717, 1.165) is 11.1 Å². The second-order valence-corrected chi connectivity index (χ2v) is 6.61. The van der Waals surface area contributed by atoms with Gasteiger partial charge in [-0.05, 0) is 36.8 Å². The van der Waals surface area contributed by atoms with E-state index in [-0.39, 0.29) is 19.1 Å². The number of ether oxygens (including phenoxy) is 1. The normalized spacial score (nSPS) is 11.8. The Labute approximate surface area is 165 Å². The second-order valence-electron chi connectivity index (χ2n) is 6.61. The summed E-state index contributed by atoms with van der Waals surface area (Å²) in [6.07, 6.45) is 2.91. The molecule has 146 valence electrons. The summed E-state index contributed by atoms with van der Waals surface area (Å²) in [7, 11) is 1.86. The number of nitrogens with zero attached hydrogens (tertiary/aromatic N) is 3. The highest BCUT2D eigenvalue weighted by Gasteiger charge is 2.19. The van der Waals surface area contributed by atoms with E-state index in [4.69, 9.17) is 4.74 Å². The zero-order valence-corrected chi connectivity index (χ0v) is 16.2. The van der Waals surface area contributed by atoms with Crippen LogP contribution in [-0.2, 0) is 7.05 Å². The molecule has 0 fully saturated rings. The molecule has 3 aromatic rings. The summed E-state index contributed by atoms with van der Waals surface area (Å²) < 4.78 is 7.31. The van der Waals surface area contributed by atoms with E-state index in [0.29, 0.717) is 17.9 Å². The van der Waals surface area contributed by atoms with Crippen LogP contribution in [0.25, 0.3) is 11.1 Å². The molecule has 1 N–H and O–H groups in total. The van der Waals surface area contributed by atoms with Crippen molar-refractivity contribution in [3.05, 3.63) is 72.6 Å². The van der Waals surface area contributed by atoms with Crippen molar-refractivity contribution < 1.29 is 14.6 Å². The number of hydrogen-bond donors (Lipinski definition) is 1. The Hall–Kier alpha value is -3.12. The van der Waals surface area contributed by atoms with Gasteiger partial charge in [0.15, 0.2) is 0 Å². The van der Waals surface area contributed by atoms with Gasteiger partial charge in [-0.15, -0.1) is 0 Å². The summed E-state index contributed by atoms with van der Waals surface area (Å²) >= 11 is 0. The first-order valence-corrected chi connectivity index (χ1v) is 9.31.